The fraction of sp³-hybridized carbons (Fsp3) is 0.250. The number of hydrogen-bond acceptors (Lipinski definition) is 6. The minimum atomic E-state index is -3.71. The van der Waals surface area contributed by atoms with Crippen molar-refractivity contribution in [3.63, 3.8) is 0 Å². The Morgan fingerprint density at radius 1 is 1.16 bits per heavy atom. The number of nitrogens with zero attached hydrogens (tertiary/aromatic N) is 2. The maximum Gasteiger partial charge on any atom is 0.331 e. The minimum absolute atomic E-state index is 0.0584. The van der Waals surface area contributed by atoms with Crippen molar-refractivity contribution < 1.29 is 22.7 Å². The highest BCUT2D eigenvalue weighted by Crippen LogP contribution is 2.24. The topological polar surface area (TPSA) is 105 Å². The third kappa shape index (κ3) is 5.36. The normalized spacial score (nSPS) is 16.3. The van der Waals surface area contributed by atoms with E-state index in [1.165, 1.54) is 17.9 Å². The Balaban J connectivity index is 1.58. The van der Waals surface area contributed by atoms with Gasteiger partial charge in [0, 0.05) is 19.2 Å². The van der Waals surface area contributed by atoms with Crippen molar-refractivity contribution in [2.45, 2.75) is 24.4 Å². The summed E-state index contributed by atoms with van der Waals surface area (Å²) in [6.07, 6.45) is 0. The standard InChI is InChI=1S/C20H19Cl2N3O5S/c1-12(23-19-14-5-3-4-6-17(14)31(28,29)24-19)20(27)30-11-18(26)25(2)10-13-7-8-15(21)16(22)9-13/h3-9,12H,10-11H2,1-2H3,(H,23,24)/t12-/m0/s1. The lowest BCUT2D eigenvalue weighted by Gasteiger charge is -2.18. The van der Waals surface area contributed by atoms with Crippen LogP contribution in [0.1, 0.15) is 18.1 Å². The number of benzene rings is 2. The number of rotatable bonds is 6. The smallest absolute Gasteiger partial charge is 0.331 e. The number of likely N-dealkylation sites (N-methyl/N-ethyl adjacent to an activating group) is 1. The molecule has 1 aliphatic heterocycles. The quantitative estimate of drug-likeness (QED) is 0.635. The molecule has 0 aliphatic carbocycles. The summed E-state index contributed by atoms with van der Waals surface area (Å²) >= 11 is 11.9. The Morgan fingerprint density at radius 3 is 2.58 bits per heavy atom. The predicted octanol–water partition coefficient (Wildman–Crippen LogP) is 2.62. The van der Waals surface area contributed by atoms with Gasteiger partial charge in [-0.05, 0) is 36.8 Å². The number of hydrogen-bond donors (Lipinski definition) is 1. The minimum Gasteiger partial charge on any atom is -0.454 e. The second-order valence-electron chi connectivity index (χ2n) is 6.86. The fourth-order valence-electron chi connectivity index (χ4n) is 2.84. The van der Waals surface area contributed by atoms with Crippen LogP contribution in [0.15, 0.2) is 52.4 Å². The first kappa shape index (κ1) is 23.1. The first-order chi connectivity index (χ1) is 14.6. The molecule has 1 amide bonds. The van der Waals surface area contributed by atoms with Gasteiger partial charge in [-0.3, -0.25) is 14.5 Å². The third-order valence-corrected chi connectivity index (χ3v) is 6.63. The maximum atomic E-state index is 12.3. The number of carbonyl (C=O) groups is 2. The Labute approximate surface area is 189 Å². The first-order valence-corrected chi connectivity index (χ1v) is 11.4. The third-order valence-electron chi connectivity index (χ3n) is 4.49. The van der Waals surface area contributed by atoms with Gasteiger partial charge in [-0.1, -0.05) is 41.4 Å². The fourth-order valence-corrected chi connectivity index (χ4v) is 4.40. The average Bonchev–Trinajstić information content (AvgIpc) is 2.98. The van der Waals surface area contributed by atoms with Gasteiger partial charge in [0.25, 0.3) is 15.9 Å². The number of amides is 1. The summed E-state index contributed by atoms with van der Waals surface area (Å²) in [7, 11) is -2.15. The number of sulfonamides is 1. The van der Waals surface area contributed by atoms with E-state index in [-0.39, 0.29) is 17.3 Å². The van der Waals surface area contributed by atoms with E-state index in [0.29, 0.717) is 15.6 Å². The molecule has 2 aromatic carbocycles. The molecule has 0 radical (unpaired) electrons. The number of carbonyl (C=O) groups excluding carboxylic acids is 2. The Morgan fingerprint density at radius 2 is 1.87 bits per heavy atom. The van der Waals surface area contributed by atoms with Crippen LogP contribution in [0.5, 0.6) is 0 Å². The van der Waals surface area contributed by atoms with Crippen molar-refractivity contribution >= 4 is 50.9 Å². The van der Waals surface area contributed by atoms with Crippen LogP contribution in [0.4, 0.5) is 0 Å². The number of aliphatic imine (C=N–C) groups is 1. The highest BCUT2D eigenvalue weighted by Gasteiger charge is 2.31. The van der Waals surface area contributed by atoms with Gasteiger partial charge < -0.3 is 9.64 Å². The Hall–Kier alpha value is -2.62. The molecule has 0 fully saturated rings. The molecule has 1 heterocycles. The largest absolute Gasteiger partial charge is 0.454 e. The molecule has 0 saturated carbocycles. The van der Waals surface area contributed by atoms with Crippen molar-refractivity contribution in [1.29, 1.82) is 0 Å². The number of fused-ring (bicyclic) bond motifs is 1. The number of nitrogens with one attached hydrogen (secondary N) is 1. The van der Waals surface area contributed by atoms with Crippen molar-refractivity contribution in [3.8, 4) is 0 Å². The van der Waals surface area contributed by atoms with Crippen LogP contribution >= 0.6 is 23.2 Å². The van der Waals surface area contributed by atoms with Gasteiger partial charge in [-0.15, -0.1) is 0 Å². The van der Waals surface area contributed by atoms with E-state index in [1.807, 2.05) is 0 Å². The number of halogens is 2. The highest BCUT2D eigenvalue weighted by molar-refractivity contribution is 7.90. The molecule has 11 heteroatoms. The van der Waals surface area contributed by atoms with Gasteiger partial charge in [-0.2, -0.15) is 0 Å². The zero-order valence-corrected chi connectivity index (χ0v) is 19.0. The second-order valence-corrected chi connectivity index (χ2v) is 9.33. The summed E-state index contributed by atoms with van der Waals surface area (Å²) in [6.45, 7) is 1.23. The molecule has 0 aromatic heterocycles. The monoisotopic (exact) mass is 483 g/mol. The molecule has 1 atom stereocenters. The zero-order valence-electron chi connectivity index (χ0n) is 16.6. The van der Waals surface area contributed by atoms with Crippen molar-refractivity contribution in [2.75, 3.05) is 13.7 Å². The van der Waals surface area contributed by atoms with Gasteiger partial charge in [0.1, 0.15) is 11.9 Å². The molecular formula is C20H19Cl2N3O5S. The van der Waals surface area contributed by atoms with E-state index < -0.39 is 34.5 Å². The highest BCUT2D eigenvalue weighted by atomic mass is 35.5. The summed E-state index contributed by atoms with van der Waals surface area (Å²) < 4.78 is 31.6. The van der Waals surface area contributed by atoms with Crippen LogP contribution < -0.4 is 4.72 Å². The molecule has 0 bridgehead atoms. The lowest BCUT2D eigenvalue weighted by Crippen LogP contribution is -2.33. The van der Waals surface area contributed by atoms with E-state index in [2.05, 4.69) is 9.71 Å². The van der Waals surface area contributed by atoms with Crippen molar-refractivity contribution in [1.82, 2.24) is 9.62 Å². The van der Waals surface area contributed by atoms with Crippen LogP contribution in [0.25, 0.3) is 0 Å². The van der Waals surface area contributed by atoms with E-state index >= 15 is 0 Å². The lowest BCUT2D eigenvalue weighted by atomic mass is 10.2. The van der Waals surface area contributed by atoms with Crippen LogP contribution in [0, 0.1) is 0 Å². The lowest BCUT2D eigenvalue weighted by molar-refractivity contribution is -0.152. The Kier molecular flexibility index (Phi) is 6.88. The molecule has 2 aromatic rings. The maximum absolute atomic E-state index is 12.3. The van der Waals surface area contributed by atoms with Crippen LogP contribution in [-0.4, -0.2) is 50.7 Å². The van der Waals surface area contributed by atoms with Gasteiger partial charge in [-0.25, -0.2) is 13.2 Å². The number of esters is 1. The molecule has 1 aliphatic rings. The molecule has 164 valence electrons. The second kappa shape index (κ2) is 9.25. The molecule has 0 spiro atoms. The summed E-state index contributed by atoms with van der Waals surface area (Å²) in [5.41, 5.74) is 1.14. The van der Waals surface area contributed by atoms with Gasteiger partial charge in [0.2, 0.25) is 0 Å². The average molecular weight is 484 g/mol. The predicted molar refractivity (Wildman–Crippen MR) is 117 cm³/mol. The van der Waals surface area contributed by atoms with E-state index in [4.69, 9.17) is 27.9 Å². The van der Waals surface area contributed by atoms with Crippen LogP contribution in [-0.2, 0) is 30.9 Å². The van der Waals surface area contributed by atoms with Gasteiger partial charge in [0.05, 0.1) is 14.9 Å². The summed E-state index contributed by atoms with van der Waals surface area (Å²) in [5, 5.41) is 0.791. The van der Waals surface area contributed by atoms with E-state index in [9.17, 15) is 18.0 Å². The summed E-state index contributed by atoms with van der Waals surface area (Å²) in [5.74, 6) is -1.12. The van der Waals surface area contributed by atoms with Crippen molar-refractivity contribution in [2.24, 2.45) is 4.99 Å². The molecule has 31 heavy (non-hydrogen) atoms. The summed E-state index contributed by atoms with van der Waals surface area (Å²) in [4.78, 5) is 30.1. The SMILES string of the molecule is C[C@H](N=C1NS(=O)(=O)c2ccccc21)C(=O)OCC(=O)N(C)Cc1ccc(Cl)c(Cl)c1. The van der Waals surface area contributed by atoms with Crippen LogP contribution in [0.2, 0.25) is 10.0 Å². The number of ether oxygens (including phenoxy) is 1. The molecule has 1 N–H and O–H groups in total. The molecule has 0 unspecified atom stereocenters. The molecular weight excluding hydrogens is 465 g/mol. The van der Waals surface area contributed by atoms with Gasteiger partial charge >= 0.3 is 5.97 Å². The molecule has 3 rings (SSSR count). The molecule has 0 saturated heterocycles. The van der Waals surface area contributed by atoms with Crippen LogP contribution in [0.3, 0.4) is 0 Å². The Bertz CT molecular complexity index is 1170. The zero-order chi connectivity index (χ0) is 22.8. The van der Waals surface area contributed by atoms with Crippen molar-refractivity contribution in [3.05, 3.63) is 63.6 Å². The first-order valence-electron chi connectivity index (χ1n) is 9.13. The van der Waals surface area contributed by atoms with Gasteiger partial charge in [0.15, 0.2) is 6.61 Å². The summed E-state index contributed by atoms with van der Waals surface area (Å²) in [6, 6.07) is 10.3. The molecule has 8 nitrogen and oxygen atoms in total. The number of amidine groups is 1. The van der Waals surface area contributed by atoms with E-state index in [1.54, 1.807) is 43.4 Å². The van der Waals surface area contributed by atoms with E-state index in [0.717, 1.165) is 5.56 Å².